The molecule has 0 aromatic rings. The molecule has 0 radical (unpaired) electrons. The summed E-state index contributed by atoms with van der Waals surface area (Å²) in [6.45, 7) is 2.30. The molecule has 1 atom stereocenters. The molecule has 0 aromatic heterocycles. The molecule has 0 N–H and O–H groups in total. The average molecular weight is 158 g/mol. The van der Waals surface area contributed by atoms with Gasteiger partial charge in [-0.2, -0.15) is 0 Å². The number of unbranched alkanes of at least 4 members (excludes halogenated alkanes) is 1. The van der Waals surface area contributed by atoms with Crippen LogP contribution in [0, 0.1) is 0 Å². The molecule has 1 saturated heterocycles. The Labute approximate surface area is 67.3 Å². The van der Waals surface area contributed by atoms with E-state index in [1.807, 2.05) is 0 Å². The van der Waals surface area contributed by atoms with Gasteiger partial charge in [0.1, 0.15) is 7.28 Å². The Hall–Kier alpha value is 0.415. The summed E-state index contributed by atoms with van der Waals surface area (Å²) in [6, 6.07) is 0. The Morgan fingerprint density at radius 2 is 2.30 bits per heavy atom. The highest BCUT2D eigenvalue weighted by Crippen LogP contribution is 2.48. The lowest BCUT2D eigenvalue weighted by Crippen LogP contribution is -2.05. The molecule has 0 bridgehead atoms. The van der Waals surface area contributed by atoms with Gasteiger partial charge in [-0.25, -0.2) is 0 Å². The normalized spacial score (nSPS) is 38.6. The Balaban J connectivity index is 2.22. The van der Waals surface area contributed by atoms with Crippen LogP contribution in [0.4, 0.5) is 0 Å². The minimum atomic E-state index is -0.0659. The van der Waals surface area contributed by atoms with Gasteiger partial charge in [0.25, 0.3) is 0 Å². The molecule has 1 fully saturated rings. The lowest BCUT2D eigenvalue weighted by Gasteiger charge is -2.30. The van der Waals surface area contributed by atoms with Crippen molar-refractivity contribution >= 4 is 17.3 Å². The molecule has 0 saturated carbocycles. The molecule has 1 aliphatic rings. The Bertz CT molecular complexity index is 97.4. The van der Waals surface area contributed by atoms with E-state index in [0.717, 1.165) is 0 Å². The van der Waals surface area contributed by atoms with Gasteiger partial charge >= 0.3 is 0 Å². The van der Waals surface area contributed by atoms with Crippen molar-refractivity contribution in [3.8, 4) is 0 Å². The lowest BCUT2D eigenvalue weighted by atomic mass is 9.79. The van der Waals surface area contributed by atoms with Gasteiger partial charge in [0.05, 0.1) is 0 Å². The average Bonchev–Trinajstić information content (AvgIpc) is 2.33. The largest absolute Gasteiger partial charge is 0.252 e. The second-order valence-electron chi connectivity index (χ2n) is 3.65. The predicted molar refractivity (Wildman–Crippen MR) is 55.0 cm³/mol. The lowest BCUT2D eigenvalue weighted by molar-refractivity contribution is 0.892. The summed E-state index contributed by atoms with van der Waals surface area (Å²) >= 11 is 0. The van der Waals surface area contributed by atoms with Crippen molar-refractivity contribution in [2.45, 2.75) is 26.1 Å². The summed E-state index contributed by atoms with van der Waals surface area (Å²) < 4.78 is 0. The summed E-state index contributed by atoms with van der Waals surface area (Å²) in [7, 11) is 1.46. The zero-order valence-corrected chi connectivity index (χ0v) is 8.17. The molecule has 60 valence electrons. The number of hydrogen-bond donors (Lipinski definition) is 0. The fourth-order valence-corrected chi connectivity index (χ4v) is 5.10. The Morgan fingerprint density at radius 1 is 1.50 bits per heavy atom. The molecule has 0 amide bonds. The Morgan fingerprint density at radius 3 is 2.80 bits per heavy atom. The molecule has 0 spiro atoms. The fraction of sp³-hybridized carbons (Fsp3) is 1.00. The highest BCUT2D eigenvalue weighted by molar-refractivity contribution is 8.34. The molecule has 1 aliphatic heterocycles. The van der Waals surface area contributed by atoms with Crippen LogP contribution in [-0.2, 0) is 0 Å². The van der Waals surface area contributed by atoms with Gasteiger partial charge in [-0.15, -0.1) is 0 Å². The Kier molecular flexibility index (Phi) is 3.15. The molecule has 10 heavy (non-hydrogen) atoms. The van der Waals surface area contributed by atoms with Crippen LogP contribution in [0.2, 0.25) is 6.32 Å². The summed E-state index contributed by atoms with van der Waals surface area (Å²) in [6.07, 6.45) is 6.94. The van der Waals surface area contributed by atoms with E-state index in [2.05, 4.69) is 13.2 Å². The van der Waals surface area contributed by atoms with Crippen molar-refractivity contribution in [2.75, 3.05) is 23.4 Å². The van der Waals surface area contributed by atoms with E-state index < -0.39 is 0 Å². The fourth-order valence-electron chi connectivity index (χ4n) is 1.70. The van der Waals surface area contributed by atoms with Crippen LogP contribution in [0.3, 0.4) is 0 Å². The molecule has 1 heterocycles. The van der Waals surface area contributed by atoms with Crippen molar-refractivity contribution < 1.29 is 0 Å². The van der Waals surface area contributed by atoms with Gasteiger partial charge in [0, 0.05) is 0 Å². The van der Waals surface area contributed by atoms with Crippen molar-refractivity contribution in [3.63, 3.8) is 0 Å². The van der Waals surface area contributed by atoms with Crippen LogP contribution in [0.25, 0.3) is 0 Å². The van der Waals surface area contributed by atoms with Gasteiger partial charge in [-0.1, -0.05) is 19.7 Å². The van der Waals surface area contributed by atoms with Crippen molar-refractivity contribution in [1.29, 1.82) is 0 Å². The first-order valence-corrected chi connectivity index (χ1v) is 7.03. The topological polar surface area (TPSA) is 0 Å². The minimum Gasteiger partial charge on any atom is -0.252 e. The third kappa shape index (κ3) is 2.23. The molecule has 1 unspecified atom stereocenters. The van der Waals surface area contributed by atoms with Gasteiger partial charge < -0.3 is 0 Å². The summed E-state index contributed by atoms with van der Waals surface area (Å²) in [5.41, 5.74) is 1.58. The maximum absolute atomic E-state index is 2.55. The van der Waals surface area contributed by atoms with Crippen molar-refractivity contribution in [2.24, 2.45) is 0 Å². The van der Waals surface area contributed by atoms with Crippen molar-refractivity contribution in [1.82, 2.24) is 0 Å². The molecule has 0 aliphatic carbocycles. The van der Waals surface area contributed by atoms with E-state index in [-0.39, 0.29) is 10.0 Å². The highest BCUT2D eigenvalue weighted by Gasteiger charge is 2.22. The van der Waals surface area contributed by atoms with Crippen LogP contribution in [0.5, 0.6) is 0 Å². The smallest absolute Gasteiger partial charge is 0.131 e. The predicted octanol–water partition coefficient (Wildman–Crippen LogP) is 2.05. The van der Waals surface area contributed by atoms with Gasteiger partial charge in [-0.05, 0) is 29.8 Å². The standard InChI is InChI=1S/C8H19BS/c1-3-4-6-10(2)7-5-9-8-10/h9H,3-8H2,1-2H3. The zero-order chi connectivity index (χ0) is 7.45. The minimum absolute atomic E-state index is 0.0659. The number of rotatable bonds is 3. The molecular formula is C8H19BS. The second-order valence-corrected chi connectivity index (χ2v) is 7.83. The summed E-state index contributed by atoms with van der Waals surface area (Å²) in [4.78, 5) is 0. The van der Waals surface area contributed by atoms with Gasteiger partial charge in [0.2, 0.25) is 0 Å². The number of hydrogen-bond acceptors (Lipinski definition) is 0. The maximum atomic E-state index is 2.55. The first-order chi connectivity index (χ1) is 4.77. The quantitative estimate of drug-likeness (QED) is 0.551. The molecular weight excluding hydrogens is 139 g/mol. The van der Waals surface area contributed by atoms with Crippen LogP contribution in [0.1, 0.15) is 19.8 Å². The van der Waals surface area contributed by atoms with E-state index >= 15 is 0 Å². The van der Waals surface area contributed by atoms with Crippen LogP contribution in [0.15, 0.2) is 0 Å². The molecule has 0 nitrogen and oxygen atoms in total. The first-order valence-electron chi connectivity index (χ1n) is 4.48. The van der Waals surface area contributed by atoms with Crippen LogP contribution in [-0.4, -0.2) is 30.7 Å². The van der Waals surface area contributed by atoms with E-state index in [9.17, 15) is 0 Å². The third-order valence-corrected chi connectivity index (χ3v) is 6.34. The molecule has 2 heteroatoms. The van der Waals surface area contributed by atoms with E-state index in [1.54, 1.807) is 17.2 Å². The second kappa shape index (κ2) is 3.70. The molecule has 0 aromatic carbocycles. The van der Waals surface area contributed by atoms with E-state index in [0.29, 0.717) is 0 Å². The van der Waals surface area contributed by atoms with Gasteiger partial charge in [-0.3, -0.25) is 10.0 Å². The summed E-state index contributed by atoms with van der Waals surface area (Å²) in [5.74, 6) is 3.14. The van der Waals surface area contributed by atoms with E-state index in [1.165, 1.54) is 26.4 Å². The van der Waals surface area contributed by atoms with Crippen molar-refractivity contribution in [3.05, 3.63) is 0 Å². The summed E-state index contributed by atoms with van der Waals surface area (Å²) in [5, 5.41) is 0. The highest BCUT2D eigenvalue weighted by atomic mass is 32.3. The maximum Gasteiger partial charge on any atom is 0.131 e. The first kappa shape index (κ1) is 8.51. The monoisotopic (exact) mass is 158 g/mol. The zero-order valence-electron chi connectivity index (χ0n) is 7.36. The van der Waals surface area contributed by atoms with Gasteiger partial charge in [0.15, 0.2) is 0 Å². The van der Waals surface area contributed by atoms with Crippen LogP contribution >= 0.6 is 10.0 Å². The van der Waals surface area contributed by atoms with E-state index in [4.69, 9.17) is 0 Å². The van der Waals surface area contributed by atoms with Crippen LogP contribution < -0.4 is 0 Å². The third-order valence-electron chi connectivity index (χ3n) is 2.51. The SMILES string of the molecule is CCCCS1(C)CBCC1. The molecule has 1 rings (SSSR count).